The molecule has 2 rings (SSSR count). The Morgan fingerprint density at radius 1 is 1.47 bits per heavy atom. The lowest BCUT2D eigenvalue weighted by atomic mass is 9.99. The Hall–Kier alpha value is -0.870. The van der Waals surface area contributed by atoms with E-state index in [-0.39, 0.29) is 0 Å². The fraction of sp³-hybridized carbons (Fsp3) is 0.769. The number of aromatic nitrogens is 2. The smallest absolute Gasteiger partial charge is 0.0948 e. The molecular formula is C13H24N4. The van der Waals surface area contributed by atoms with E-state index in [0.29, 0.717) is 6.04 Å². The second-order valence-electron chi connectivity index (χ2n) is 4.87. The van der Waals surface area contributed by atoms with Crippen molar-refractivity contribution in [2.45, 2.75) is 51.7 Å². The number of hydrogen-bond acceptors (Lipinski definition) is 3. The van der Waals surface area contributed by atoms with Crippen molar-refractivity contribution in [1.29, 1.82) is 0 Å². The molecule has 1 aliphatic rings. The van der Waals surface area contributed by atoms with Crippen LogP contribution in [0.5, 0.6) is 0 Å². The zero-order valence-electron chi connectivity index (χ0n) is 10.8. The van der Waals surface area contributed by atoms with Gasteiger partial charge in [0.2, 0.25) is 0 Å². The fourth-order valence-corrected chi connectivity index (χ4v) is 2.76. The van der Waals surface area contributed by atoms with Gasteiger partial charge in [-0.05, 0) is 39.3 Å². The normalized spacial score (nSPS) is 21.9. The number of nitrogens with zero attached hydrogens (tertiary/aromatic N) is 3. The summed E-state index contributed by atoms with van der Waals surface area (Å²) in [6.45, 7) is 6.20. The summed E-state index contributed by atoms with van der Waals surface area (Å²) in [6.07, 6.45) is 9.03. The molecule has 2 heterocycles. The van der Waals surface area contributed by atoms with Gasteiger partial charge in [-0.2, -0.15) is 0 Å². The molecule has 0 saturated carbocycles. The Bertz CT molecular complexity index is 332. The number of imidazole rings is 1. The lowest BCUT2D eigenvalue weighted by Crippen LogP contribution is -2.40. The van der Waals surface area contributed by atoms with Crippen LogP contribution in [0.3, 0.4) is 0 Å². The van der Waals surface area contributed by atoms with Crippen LogP contribution in [-0.2, 0) is 13.1 Å². The lowest BCUT2D eigenvalue weighted by Gasteiger charge is -2.35. The Labute approximate surface area is 104 Å². The molecule has 0 aliphatic carbocycles. The third-order valence-electron chi connectivity index (χ3n) is 3.75. The zero-order chi connectivity index (χ0) is 12.1. The van der Waals surface area contributed by atoms with Crippen molar-refractivity contribution < 1.29 is 0 Å². The quantitative estimate of drug-likeness (QED) is 0.845. The molecule has 1 aromatic rings. The topological polar surface area (TPSA) is 47.1 Å². The SMILES string of the molecule is CCn1cncc1CN1CCCCC1CCN. The molecule has 96 valence electrons. The van der Waals surface area contributed by atoms with Crippen LogP contribution in [0.2, 0.25) is 0 Å². The summed E-state index contributed by atoms with van der Waals surface area (Å²) in [4.78, 5) is 6.82. The van der Waals surface area contributed by atoms with Gasteiger partial charge in [0.15, 0.2) is 0 Å². The number of nitrogens with two attached hydrogens (primary N) is 1. The van der Waals surface area contributed by atoms with Crippen molar-refractivity contribution >= 4 is 0 Å². The molecule has 17 heavy (non-hydrogen) atoms. The van der Waals surface area contributed by atoms with Crippen LogP contribution >= 0.6 is 0 Å². The van der Waals surface area contributed by atoms with Crippen LogP contribution in [0.25, 0.3) is 0 Å². The van der Waals surface area contributed by atoms with Crippen molar-refractivity contribution in [2.75, 3.05) is 13.1 Å². The van der Waals surface area contributed by atoms with E-state index < -0.39 is 0 Å². The summed E-state index contributed by atoms with van der Waals surface area (Å²) < 4.78 is 2.23. The van der Waals surface area contributed by atoms with E-state index in [4.69, 9.17) is 5.73 Å². The summed E-state index contributed by atoms with van der Waals surface area (Å²) in [5.74, 6) is 0. The highest BCUT2D eigenvalue weighted by atomic mass is 15.2. The van der Waals surface area contributed by atoms with Gasteiger partial charge < -0.3 is 10.3 Å². The minimum atomic E-state index is 0.675. The highest BCUT2D eigenvalue weighted by molar-refractivity contribution is 4.99. The number of aryl methyl sites for hydroxylation is 1. The predicted molar refractivity (Wildman–Crippen MR) is 69.6 cm³/mol. The highest BCUT2D eigenvalue weighted by Crippen LogP contribution is 2.21. The van der Waals surface area contributed by atoms with Gasteiger partial charge >= 0.3 is 0 Å². The van der Waals surface area contributed by atoms with Crippen LogP contribution in [0, 0.1) is 0 Å². The first-order valence-electron chi connectivity index (χ1n) is 6.78. The van der Waals surface area contributed by atoms with Crippen molar-refractivity contribution in [3.8, 4) is 0 Å². The molecule has 0 spiro atoms. The van der Waals surface area contributed by atoms with Gasteiger partial charge in [0, 0.05) is 25.3 Å². The Morgan fingerprint density at radius 3 is 3.12 bits per heavy atom. The van der Waals surface area contributed by atoms with Gasteiger partial charge in [-0.3, -0.25) is 4.90 Å². The summed E-state index contributed by atoms with van der Waals surface area (Å²) in [5.41, 5.74) is 7.04. The minimum absolute atomic E-state index is 0.675. The molecular weight excluding hydrogens is 212 g/mol. The van der Waals surface area contributed by atoms with Crippen LogP contribution in [0.4, 0.5) is 0 Å². The maximum absolute atomic E-state index is 5.71. The van der Waals surface area contributed by atoms with Crippen LogP contribution < -0.4 is 5.73 Å². The van der Waals surface area contributed by atoms with E-state index in [1.807, 2.05) is 12.5 Å². The van der Waals surface area contributed by atoms with Gasteiger partial charge in [-0.1, -0.05) is 6.42 Å². The predicted octanol–water partition coefficient (Wildman–Crippen LogP) is 1.61. The van der Waals surface area contributed by atoms with Gasteiger partial charge in [0.25, 0.3) is 0 Å². The van der Waals surface area contributed by atoms with Crippen molar-refractivity contribution in [3.63, 3.8) is 0 Å². The van der Waals surface area contributed by atoms with E-state index >= 15 is 0 Å². The first-order valence-corrected chi connectivity index (χ1v) is 6.78. The number of likely N-dealkylation sites (tertiary alicyclic amines) is 1. The summed E-state index contributed by atoms with van der Waals surface area (Å²) in [7, 11) is 0. The molecule has 1 atom stereocenters. The van der Waals surface area contributed by atoms with E-state index in [2.05, 4.69) is 21.4 Å². The van der Waals surface area contributed by atoms with Gasteiger partial charge in [0.1, 0.15) is 0 Å². The summed E-state index contributed by atoms with van der Waals surface area (Å²) in [6, 6.07) is 0.675. The van der Waals surface area contributed by atoms with E-state index in [1.165, 1.54) is 31.5 Å². The van der Waals surface area contributed by atoms with Crippen LogP contribution in [0.15, 0.2) is 12.5 Å². The van der Waals surface area contributed by atoms with Crippen molar-refractivity contribution in [1.82, 2.24) is 14.5 Å². The van der Waals surface area contributed by atoms with Gasteiger partial charge in [0.05, 0.1) is 12.0 Å². The molecule has 1 unspecified atom stereocenters. The fourth-order valence-electron chi connectivity index (χ4n) is 2.76. The molecule has 1 aliphatic heterocycles. The minimum Gasteiger partial charge on any atom is -0.334 e. The van der Waals surface area contributed by atoms with Crippen LogP contribution in [-0.4, -0.2) is 33.6 Å². The molecule has 1 saturated heterocycles. The van der Waals surface area contributed by atoms with Gasteiger partial charge in [-0.25, -0.2) is 4.98 Å². The number of hydrogen-bond donors (Lipinski definition) is 1. The third kappa shape index (κ3) is 3.07. The maximum Gasteiger partial charge on any atom is 0.0948 e. The standard InChI is InChI=1S/C13H24N4/c1-2-16-11-15-9-13(16)10-17-8-4-3-5-12(17)6-7-14/h9,11-12H,2-8,10,14H2,1H3. The van der Waals surface area contributed by atoms with E-state index in [0.717, 1.165) is 26.1 Å². The third-order valence-corrected chi connectivity index (χ3v) is 3.75. The second-order valence-corrected chi connectivity index (χ2v) is 4.87. The molecule has 0 radical (unpaired) electrons. The molecule has 1 aromatic heterocycles. The Morgan fingerprint density at radius 2 is 2.35 bits per heavy atom. The molecule has 0 bridgehead atoms. The average Bonchev–Trinajstić information content (AvgIpc) is 2.79. The second kappa shape index (κ2) is 6.17. The van der Waals surface area contributed by atoms with Gasteiger partial charge in [-0.15, -0.1) is 0 Å². The molecule has 0 aromatic carbocycles. The first-order chi connectivity index (χ1) is 8.35. The lowest BCUT2D eigenvalue weighted by molar-refractivity contribution is 0.131. The zero-order valence-corrected chi connectivity index (χ0v) is 10.8. The molecule has 0 amide bonds. The maximum atomic E-state index is 5.71. The summed E-state index contributed by atoms with van der Waals surface area (Å²) in [5, 5.41) is 0. The molecule has 4 nitrogen and oxygen atoms in total. The molecule has 4 heteroatoms. The van der Waals surface area contributed by atoms with Crippen molar-refractivity contribution in [3.05, 3.63) is 18.2 Å². The highest BCUT2D eigenvalue weighted by Gasteiger charge is 2.22. The average molecular weight is 236 g/mol. The number of piperidine rings is 1. The Kier molecular flexibility index (Phi) is 4.57. The summed E-state index contributed by atoms with van der Waals surface area (Å²) >= 11 is 0. The monoisotopic (exact) mass is 236 g/mol. The number of rotatable bonds is 5. The molecule has 1 fully saturated rings. The molecule has 2 N–H and O–H groups in total. The van der Waals surface area contributed by atoms with E-state index in [9.17, 15) is 0 Å². The van der Waals surface area contributed by atoms with E-state index in [1.54, 1.807) is 0 Å². The largest absolute Gasteiger partial charge is 0.334 e. The van der Waals surface area contributed by atoms with Crippen LogP contribution in [0.1, 0.15) is 38.3 Å². The first kappa shape index (κ1) is 12.6. The van der Waals surface area contributed by atoms with Crippen molar-refractivity contribution in [2.24, 2.45) is 5.73 Å². The Balaban J connectivity index is 2.00.